The Balaban J connectivity index is 2.26. The van der Waals surface area contributed by atoms with Crippen LogP contribution >= 0.6 is 0 Å². The Hall–Kier alpha value is -5.53. The summed E-state index contributed by atoms with van der Waals surface area (Å²) in [7, 11) is 0. The molecule has 204 valence electrons. The predicted octanol–water partition coefficient (Wildman–Crippen LogP) is 1.98. The van der Waals surface area contributed by atoms with Crippen LogP contribution in [0.1, 0.15) is 69.1 Å². The highest BCUT2D eigenvalue weighted by atomic mass is 16.6. The van der Waals surface area contributed by atoms with Gasteiger partial charge in [0.1, 0.15) is 13.2 Å². The second kappa shape index (κ2) is 12.6. The smallest absolute Gasteiger partial charge is 0.338 e. The minimum atomic E-state index is -1.63. The Kier molecular flexibility index (Phi) is 9.61. The van der Waals surface area contributed by atoms with E-state index in [0.717, 1.165) is 36.4 Å². The number of rotatable bonds is 12. The molecule has 0 aliphatic rings. The zero-order valence-electron chi connectivity index (χ0n) is 20.0. The first-order chi connectivity index (χ1) is 18.2. The Morgan fingerprint density at radius 2 is 1.08 bits per heavy atom. The van der Waals surface area contributed by atoms with Gasteiger partial charge < -0.3 is 34.6 Å². The molecule has 2 rings (SSSR count). The third-order valence-corrected chi connectivity index (χ3v) is 4.85. The molecule has 2 aromatic carbocycles. The molecule has 0 bridgehead atoms. The fraction of sp³-hybridized carbons (Fsp3) is 0.160. The molecule has 0 fully saturated rings. The zero-order valence-corrected chi connectivity index (χ0v) is 20.0. The lowest BCUT2D eigenvalue weighted by molar-refractivity contribution is -0.142. The number of carbonyl (C=O) groups is 7. The van der Waals surface area contributed by atoms with Gasteiger partial charge in [0.15, 0.2) is 6.10 Å². The molecule has 0 heterocycles. The second-order valence-corrected chi connectivity index (χ2v) is 7.75. The summed E-state index contributed by atoms with van der Waals surface area (Å²) in [5.74, 6) is -9.53. The van der Waals surface area contributed by atoms with Crippen molar-refractivity contribution < 1.29 is 68.2 Å². The third-order valence-electron chi connectivity index (χ3n) is 4.85. The van der Waals surface area contributed by atoms with Gasteiger partial charge in [-0.2, -0.15) is 0 Å². The summed E-state index contributed by atoms with van der Waals surface area (Å²) in [6.45, 7) is 3.33. The van der Waals surface area contributed by atoms with E-state index >= 15 is 0 Å². The van der Waals surface area contributed by atoms with E-state index in [-0.39, 0.29) is 16.7 Å². The molecule has 0 aliphatic carbocycles. The van der Waals surface area contributed by atoms with Gasteiger partial charge in [-0.3, -0.25) is 0 Å². The predicted molar refractivity (Wildman–Crippen MR) is 126 cm³/mol. The molecule has 14 heteroatoms. The average molecular weight is 544 g/mol. The van der Waals surface area contributed by atoms with Gasteiger partial charge >= 0.3 is 41.8 Å². The largest absolute Gasteiger partial charge is 0.478 e. The van der Waals surface area contributed by atoms with Crippen LogP contribution in [0.3, 0.4) is 0 Å². The van der Waals surface area contributed by atoms with Crippen LogP contribution < -0.4 is 0 Å². The van der Waals surface area contributed by atoms with Gasteiger partial charge in [0, 0.05) is 5.57 Å². The Bertz CT molecular complexity index is 1390. The second-order valence-electron chi connectivity index (χ2n) is 7.75. The molecule has 1 unspecified atom stereocenters. The van der Waals surface area contributed by atoms with E-state index in [4.69, 9.17) is 24.4 Å². The van der Waals surface area contributed by atoms with Crippen LogP contribution in [0, 0.1) is 0 Å². The van der Waals surface area contributed by atoms with Gasteiger partial charge in [0.2, 0.25) is 0 Å². The normalized spacial score (nSPS) is 11.0. The molecule has 1 atom stereocenters. The number of hydrogen-bond donors (Lipinski definition) is 4. The summed E-state index contributed by atoms with van der Waals surface area (Å²) in [6.07, 6.45) is -1.46. The van der Waals surface area contributed by atoms with Crippen molar-refractivity contribution in [3.05, 3.63) is 81.9 Å². The van der Waals surface area contributed by atoms with E-state index < -0.39 is 83.4 Å². The minimum absolute atomic E-state index is 0.00727. The Morgan fingerprint density at radius 1 is 0.667 bits per heavy atom. The molecule has 4 N–H and O–H groups in total. The van der Waals surface area contributed by atoms with Crippen molar-refractivity contribution in [2.45, 2.75) is 13.0 Å². The summed E-state index contributed by atoms with van der Waals surface area (Å²) < 4.78 is 15.1. The van der Waals surface area contributed by atoms with Gasteiger partial charge in [-0.25, -0.2) is 33.6 Å². The zero-order chi connectivity index (χ0) is 29.4. The first-order valence-electron chi connectivity index (χ1n) is 10.6. The molecular weight excluding hydrogens is 524 g/mol. The molecule has 0 saturated carbocycles. The number of carboxylic acid groups (broad SMARTS) is 4. The number of carboxylic acids is 4. The lowest BCUT2D eigenvalue weighted by Crippen LogP contribution is -2.31. The van der Waals surface area contributed by atoms with Crippen molar-refractivity contribution in [1.29, 1.82) is 0 Å². The van der Waals surface area contributed by atoms with Gasteiger partial charge in [0.05, 0.1) is 33.4 Å². The maximum Gasteiger partial charge on any atom is 0.338 e. The fourth-order valence-corrected chi connectivity index (χ4v) is 2.95. The molecule has 0 saturated heterocycles. The standard InChI is InChI=1S/C25H20O14/c1-11(2)23(34)37-9-14(39-25(36)13-4-6-16(20(28)29)18(8-13)22(32)33)10-38-24(35)12-3-5-15(19(26)27)17(7-12)21(30)31/h3-8,14H,1,9-10H2,2H3,(H,26,27)(H,28,29)(H,30,31)(H,32,33). The van der Waals surface area contributed by atoms with Crippen molar-refractivity contribution in [2.75, 3.05) is 13.2 Å². The van der Waals surface area contributed by atoms with Gasteiger partial charge in [-0.15, -0.1) is 0 Å². The fourth-order valence-electron chi connectivity index (χ4n) is 2.95. The molecule has 39 heavy (non-hydrogen) atoms. The molecule has 0 amide bonds. The maximum atomic E-state index is 12.6. The van der Waals surface area contributed by atoms with Gasteiger partial charge in [-0.1, -0.05) is 6.58 Å². The van der Waals surface area contributed by atoms with Crippen molar-refractivity contribution in [3.8, 4) is 0 Å². The van der Waals surface area contributed by atoms with Crippen LogP contribution in [0.4, 0.5) is 0 Å². The summed E-state index contributed by atoms with van der Waals surface area (Å²) in [5.41, 5.74) is -3.29. The molecule has 14 nitrogen and oxygen atoms in total. The monoisotopic (exact) mass is 544 g/mol. The first-order valence-corrected chi connectivity index (χ1v) is 10.6. The van der Waals surface area contributed by atoms with E-state index in [1.54, 1.807) is 0 Å². The average Bonchev–Trinajstić information content (AvgIpc) is 2.88. The SMILES string of the molecule is C=C(C)C(=O)OCC(COC(=O)c1ccc(C(=O)O)c(C(=O)O)c1)OC(=O)c1ccc(C(=O)O)c(C(=O)O)c1. The summed E-state index contributed by atoms with van der Waals surface area (Å²) >= 11 is 0. The van der Waals surface area contributed by atoms with E-state index in [1.807, 2.05) is 0 Å². The lowest BCUT2D eigenvalue weighted by atomic mass is 10.0. The van der Waals surface area contributed by atoms with Gasteiger partial charge in [0.25, 0.3) is 0 Å². The van der Waals surface area contributed by atoms with Gasteiger partial charge in [-0.05, 0) is 43.3 Å². The summed E-state index contributed by atoms with van der Waals surface area (Å²) in [6, 6.07) is 5.27. The lowest BCUT2D eigenvalue weighted by Gasteiger charge is -2.18. The molecule has 0 aliphatic heterocycles. The number of ether oxygens (including phenoxy) is 3. The van der Waals surface area contributed by atoms with Crippen LogP contribution in [0.5, 0.6) is 0 Å². The maximum absolute atomic E-state index is 12.6. The van der Waals surface area contributed by atoms with Crippen LogP contribution in [0.25, 0.3) is 0 Å². The third kappa shape index (κ3) is 7.72. The van der Waals surface area contributed by atoms with E-state index in [0.29, 0.717) is 0 Å². The molecule has 0 radical (unpaired) electrons. The number of esters is 3. The highest BCUT2D eigenvalue weighted by Gasteiger charge is 2.25. The van der Waals surface area contributed by atoms with Crippen molar-refractivity contribution in [3.63, 3.8) is 0 Å². The number of hydrogen-bond acceptors (Lipinski definition) is 10. The van der Waals surface area contributed by atoms with Crippen LogP contribution in [0.15, 0.2) is 48.6 Å². The van der Waals surface area contributed by atoms with Crippen molar-refractivity contribution in [2.24, 2.45) is 0 Å². The number of aromatic carboxylic acids is 4. The highest BCUT2D eigenvalue weighted by molar-refractivity contribution is 6.05. The number of carbonyl (C=O) groups excluding carboxylic acids is 3. The highest BCUT2D eigenvalue weighted by Crippen LogP contribution is 2.16. The van der Waals surface area contributed by atoms with E-state index in [9.17, 15) is 43.8 Å². The van der Waals surface area contributed by atoms with E-state index in [2.05, 4.69) is 6.58 Å². The molecule has 2 aromatic rings. The number of benzene rings is 2. The molecule has 0 spiro atoms. The summed E-state index contributed by atoms with van der Waals surface area (Å²) in [5, 5.41) is 36.7. The Morgan fingerprint density at radius 3 is 1.49 bits per heavy atom. The van der Waals surface area contributed by atoms with Crippen molar-refractivity contribution in [1.82, 2.24) is 0 Å². The first kappa shape index (κ1) is 29.7. The van der Waals surface area contributed by atoms with E-state index in [1.165, 1.54) is 6.92 Å². The Labute approximate surface area is 218 Å². The quantitative estimate of drug-likeness (QED) is 0.170. The molecular formula is C25H20O14. The summed E-state index contributed by atoms with van der Waals surface area (Å²) in [4.78, 5) is 82.1. The topological polar surface area (TPSA) is 228 Å². The molecule has 0 aromatic heterocycles. The van der Waals surface area contributed by atoms with Crippen LogP contribution in [-0.2, 0) is 19.0 Å². The minimum Gasteiger partial charge on any atom is -0.478 e. The van der Waals surface area contributed by atoms with Crippen LogP contribution in [-0.4, -0.2) is 81.5 Å². The van der Waals surface area contributed by atoms with Crippen molar-refractivity contribution >= 4 is 41.8 Å². The van der Waals surface area contributed by atoms with Crippen LogP contribution in [0.2, 0.25) is 0 Å².